The fraction of sp³-hybridized carbons (Fsp3) is 0.533. The van der Waals surface area contributed by atoms with Crippen LogP contribution in [0.4, 0.5) is 0 Å². The molecule has 124 valence electrons. The molecule has 0 aliphatic rings. The van der Waals surface area contributed by atoms with Crippen LogP contribution in [0, 0.1) is 5.92 Å². The Morgan fingerprint density at radius 1 is 1.23 bits per heavy atom. The second-order valence-electron chi connectivity index (χ2n) is 5.73. The number of hydrogen-bond donors (Lipinski definition) is 2. The molecule has 0 heterocycles. The molecule has 1 rings (SSSR count). The number of nitrogens with one attached hydrogen (secondary N) is 2. The fourth-order valence-corrected chi connectivity index (χ4v) is 2.80. The highest BCUT2D eigenvalue weighted by atomic mass is 35.5. The molecule has 1 amide bonds. The molecular weight excluding hydrogens is 324 g/mol. The van der Waals surface area contributed by atoms with Crippen LogP contribution in [0.3, 0.4) is 0 Å². The van der Waals surface area contributed by atoms with Gasteiger partial charge in [0.25, 0.3) is 0 Å². The zero-order chi connectivity index (χ0) is 16.8. The molecular formula is C15H23ClN2O3S. The van der Waals surface area contributed by atoms with E-state index in [2.05, 4.69) is 23.9 Å². The average Bonchev–Trinajstić information content (AvgIpc) is 2.36. The van der Waals surface area contributed by atoms with E-state index in [4.69, 9.17) is 11.6 Å². The first-order valence-electron chi connectivity index (χ1n) is 7.17. The van der Waals surface area contributed by atoms with Crippen LogP contribution >= 0.6 is 11.6 Å². The second-order valence-corrected chi connectivity index (χ2v) is 7.95. The zero-order valence-corrected chi connectivity index (χ0v) is 14.7. The monoisotopic (exact) mass is 346 g/mol. The number of rotatable bonds is 8. The average molecular weight is 347 g/mol. The Hall–Kier alpha value is -1.11. The van der Waals surface area contributed by atoms with E-state index in [9.17, 15) is 13.2 Å². The van der Waals surface area contributed by atoms with Crippen LogP contribution in [0.15, 0.2) is 24.3 Å². The summed E-state index contributed by atoms with van der Waals surface area (Å²) >= 11 is 5.84. The summed E-state index contributed by atoms with van der Waals surface area (Å²) in [4.78, 5) is 12.0. The van der Waals surface area contributed by atoms with Gasteiger partial charge in [0, 0.05) is 18.0 Å². The third kappa shape index (κ3) is 7.77. The number of benzene rings is 1. The number of carbonyl (C=O) groups is 1. The first-order valence-corrected chi connectivity index (χ1v) is 9.44. The van der Waals surface area contributed by atoms with Gasteiger partial charge in [-0.2, -0.15) is 0 Å². The van der Waals surface area contributed by atoms with Crippen molar-refractivity contribution in [3.63, 3.8) is 0 Å². The van der Waals surface area contributed by atoms with Gasteiger partial charge < -0.3 is 5.32 Å². The van der Waals surface area contributed by atoms with Crippen LogP contribution in [0.1, 0.15) is 38.3 Å². The molecule has 7 heteroatoms. The maximum Gasteiger partial charge on any atom is 0.221 e. The lowest BCUT2D eigenvalue weighted by molar-refractivity contribution is -0.121. The van der Waals surface area contributed by atoms with Crippen LogP contribution in [0.2, 0.25) is 5.02 Å². The fourth-order valence-electron chi connectivity index (χ4n) is 1.94. The molecule has 0 saturated carbocycles. The van der Waals surface area contributed by atoms with E-state index in [0.717, 1.165) is 12.7 Å². The molecule has 0 aromatic heterocycles. The molecule has 0 aliphatic carbocycles. The molecule has 5 nitrogen and oxygen atoms in total. The van der Waals surface area contributed by atoms with Crippen LogP contribution in [0.5, 0.6) is 0 Å². The predicted molar refractivity (Wildman–Crippen MR) is 89.3 cm³/mol. The van der Waals surface area contributed by atoms with Crippen LogP contribution in [0.25, 0.3) is 0 Å². The molecule has 0 spiro atoms. The number of carbonyl (C=O) groups excluding carboxylic acids is 1. The molecule has 1 atom stereocenters. The Kier molecular flexibility index (Phi) is 7.32. The van der Waals surface area contributed by atoms with Gasteiger partial charge in [-0.25, -0.2) is 13.1 Å². The topological polar surface area (TPSA) is 75.3 Å². The maximum atomic E-state index is 12.0. The third-order valence-electron chi connectivity index (χ3n) is 3.06. The Bertz CT molecular complexity index is 585. The summed E-state index contributed by atoms with van der Waals surface area (Å²) in [6.45, 7) is 4.74. The summed E-state index contributed by atoms with van der Waals surface area (Å²) in [5.74, 6) is 0.318. The molecule has 0 bridgehead atoms. The van der Waals surface area contributed by atoms with E-state index in [1.165, 1.54) is 0 Å². The van der Waals surface area contributed by atoms with Crippen LogP contribution in [-0.4, -0.2) is 27.1 Å². The molecule has 2 N–H and O–H groups in total. The van der Waals surface area contributed by atoms with E-state index in [-0.39, 0.29) is 12.3 Å². The third-order valence-corrected chi connectivity index (χ3v) is 4.03. The van der Waals surface area contributed by atoms with E-state index in [1.54, 1.807) is 24.3 Å². The highest BCUT2D eigenvalue weighted by Crippen LogP contribution is 2.20. The predicted octanol–water partition coefficient (Wildman–Crippen LogP) is 2.48. The number of halogens is 1. The number of amides is 1. The van der Waals surface area contributed by atoms with Gasteiger partial charge >= 0.3 is 0 Å². The standard InChI is InChI=1S/C15H23ClN2O3S/c1-11(2)8-9-17-15(19)10-14(18-22(3,20)21)12-4-6-13(16)7-5-12/h4-7,11,14,18H,8-10H2,1-3H3,(H,17,19)/t14-/m0/s1. The van der Waals surface area contributed by atoms with Crippen molar-refractivity contribution in [2.45, 2.75) is 32.7 Å². The molecule has 22 heavy (non-hydrogen) atoms. The van der Waals surface area contributed by atoms with E-state index in [1.807, 2.05) is 0 Å². The van der Waals surface area contributed by atoms with E-state index in [0.29, 0.717) is 23.0 Å². The van der Waals surface area contributed by atoms with E-state index < -0.39 is 16.1 Å². The molecule has 0 unspecified atom stereocenters. The van der Waals surface area contributed by atoms with Gasteiger partial charge in [-0.1, -0.05) is 37.6 Å². The largest absolute Gasteiger partial charge is 0.356 e. The van der Waals surface area contributed by atoms with Gasteiger partial charge in [0.1, 0.15) is 0 Å². The highest BCUT2D eigenvalue weighted by Gasteiger charge is 2.19. The summed E-state index contributed by atoms with van der Waals surface area (Å²) in [5.41, 5.74) is 0.703. The van der Waals surface area contributed by atoms with Crippen molar-refractivity contribution in [2.75, 3.05) is 12.8 Å². The molecule has 0 radical (unpaired) electrons. The second kappa shape index (κ2) is 8.50. The zero-order valence-electron chi connectivity index (χ0n) is 13.1. The Balaban J connectivity index is 2.74. The van der Waals surface area contributed by atoms with Gasteiger partial charge in [-0.15, -0.1) is 0 Å². The molecule has 0 saturated heterocycles. The highest BCUT2D eigenvalue weighted by molar-refractivity contribution is 7.88. The summed E-state index contributed by atoms with van der Waals surface area (Å²) in [5, 5.41) is 3.37. The SMILES string of the molecule is CC(C)CCNC(=O)C[C@H](NS(C)(=O)=O)c1ccc(Cl)cc1. The summed E-state index contributed by atoms with van der Waals surface area (Å²) in [7, 11) is -3.42. The van der Waals surface area contributed by atoms with Gasteiger partial charge in [0.15, 0.2) is 0 Å². The minimum atomic E-state index is -3.42. The Morgan fingerprint density at radius 2 is 1.82 bits per heavy atom. The number of hydrogen-bond acceptors (Lipinski definition) is 3. The lowest BCUT2D eigenvalue weighted by Gasteiger charge is -2.18. The minimum absolute atomic E-state index is 0.0484. The summed E-state index contributed by atoms with van der Waals surface area (Å²) in [6.07, 6.45) is 2.01. The molecule has 1 aromatic rings. The molecule has 0 aliphatic heterocycles. The maximum absolute atomic E-state index is 12.0. The lowest BCUT2D eigenvalue weighted by Crippen LogP contribution is -2.33. The first-order chi connectivity index (χ1) is 10.2. The first kappa shape index (κ1) is 18.9. The van der Waals surface area contributed by atoms with Crippen molar-refractivity contribution in [3.8, 4) is 0 Å². The summed E-state index contributed by atoms with van der Waals surface area (Å²) in [6, 6.07) is 6.17. The van der Waals surface area contributed by atoms with Gasteiger partial charge in [-0.05, 0) is 30.0 Å². The van der Waals surface area contributed by atoms with Crippen molar-refractivity contribution in [3.05, 3.63) is 34.9 Å². The van der Waals surface area contributed by atoms with Crippen LogP contribution < -0.4 is 10.0 Å². The minimum Gasteiger partial charge on any atom is -0.356 e. The molecule has 1 aromatic carbocycles. The Labute approximate surface area is 137 Å². The molecule has 0 fully saturated rings. The van der Waals surface area contributed by atoms with Gasteiger partial charge in [0.2, 0.25) is 15.9 Å². The summed E-state index contributed by atoms with van der Waals surface area (Å²) < 4.78 is 25.5. The van der Waals surface area contributed by atoms with Crippen molar-refractivity contribution in [1.29, 1.82) is 0 Å². The van der Waals surface area contributed by atoms with Crippen molar-refractivity contribution in [1.82, 2.24) is 10.0 Å². The van der Waals surface area contributed by atoms with E-state index >= 15 is 0 Å². The van der Waals surface area contributed by atoms with Gasteiger partial charge in [0.05, 0.1) is 12.3 Å². The van der Waals surface area contributed by atoms with Crippen molar-refractivity contribution in [2.24, 2.45) is 5.92 Å². The lowest BCUT2D eigenvalue weighted by atomic mass is 10.0. The smallest absolute Gasteiger partial charge is 0.221 e. The van der Waals surface area contributed by atoms with Crippen molar-refractivity contribution < 1.29 is 13.2 Å². The quantitative estimate of drug-likeness (QED) is 0.759. The number of sulfonamides is 1. The van der Waals surface area contributed by atoms with Gasteiger partial charge in [-0.3, -0.25) is 4.79 Å². The Morgan fingerprint density at radius 3 is 2.32 bits per heavy atom. The normalized spacial score (nSPS) is 13.1. The van der Waals surface area contributed by atoms with Crippen LogP contribution in [-0.2, 0) is 14.8 Å². The van der Waals surface area contributed by atoms with Crippen molar-refractivity contribution >= 4 is 27.5 Å².